The number of rotatable bonds is 2. The average molecular weight is 205 g/mol. The molecule has 4 heteroatoms. The van der Waals surface area contributed by atoms with E-state index in [2.05, 4.69) is 4.98 Å². The van der Waals surface area contributed by atoms with Crippen LogP contribution in [0.25, 0.3) is 0 Å². The number of nitrogens with zero attached hydrogens (tertiary/aromatic N) is 1. The van der Waals surface area contributed by atoms with Gasteiger partial charge in [0.05, 0.1) is 6.61 Å². The molecule has 0 saturated carbocycles. The number of aromatic nitrogens is 1. The van der Waals surface area contributed by atoms with Crippen molar-refractivity contribution in [1.82, 2.24) is 4.98 Å². The Bertz CT molecular complexity index is 375. The molecule has 1 aliphatic heterocycles. The van der Waals surface area contributed by atoms with Crippen molar-refractivity contribution in [1.29, 1.82) is 0 Å². The van der Waals surface area contributed by atoms with Crippen molar-refractivity contribution in [3.63, 3.8) is 0 Å². The molecule has 2 heterocycles. The summed E-state index contributed by atoms with van der Waals surface area (Å²) in [5.41, 5.74) is 0.473. The standard InChI is InChI=1S/C11H11NO3/c13-10(8-3-1-5-12-7-8)9-4-2-6-15-11(9)14/h1,3,5,7,9H,2,4,6H2. The molecule has 0 radical (unpaired) electrons. The molecule has 1 atom stereocenters. The van der Waals surface area contributed by atoms with E-state index in [1.54, 1.807) is 18.3 Å². The second kappa shape index (κ2) is 4.21. The highest BCUT2D eigenvalue weighted by atomic mass is 16.5. The van der Waals surface area contributed by atoms with Gasteiger partial charge in [-0.05, 0) is 25.0 Å². The average Bonchev–Trinajstić information content (AvgIpc) is 2.30. The number of hydrogen-bond donors (Lipinski definition) is 0. The fourth-order valence-corrected chi connectivity index (χ4v) is 1.63. The highest BCUT2D eigenvalue weighted by molar-refractivity contribution is 6.08. The van der Waals surface area contributed by atoms with Crippen molar-refractivity contribution in [3.8, 4) is 0 Å². The Hall–Kier alpha value is -1.71. The molecule has 1 saturated heterocycles. The van der Waals surface area contributed by atoms with E-state index in [-0.39, 0.29) is 5.78 Å². The van der Waals surface area contributed by atoms with Gasteiger partial charge in [-0.2, -0.15) is 0 Å². The van der Waals surface area contributed by atoms with Gasteiger partial charge in [0.2, 0.25) is 0 Å². The Morgan fingerprint density at radius 3 is 3.07 bits per heavy atom. The summed E-state index contributed by atoms with van der Waals surface area (Å²) in [6, 6.07) is 3.35. The molecule has 0 spiro atoms. The van der Waals surface area contributed by atoms with Crippen LogP contribution in [-0.2, 0) is 9.53 Å². The molecule has 0 N–H and O–H groups in total. The molecule has 0 aromatic carbocycles. The third kappa shape index (κ3) is 2.03. The van der Waals surface area contributed by atoms with E-state index < -0.39 is 11.9 Å². The first-order chi connectivity index (χ1) is 7.29. The maximum Gasteiger partial charge on any atom is 0.316 e. The topological polar surface area (TPSA) is 56.3 Å². The van der Waals surface area contributed by atoms with Crippen LogP contribution in [0.3, 0.4) is 0 Å². The molecular formula is C11H11NO3. The molecule has 0 amide bonds. The number of Topliss-reactive ketones (excluding diaryl/α,β-unsaturated/α-hetero) is 1. The Balaban J connectivity index is 2.17. The summed E-state index contributed by atoms with van der Waals surface area (Å²) in [6.45, 7) is 0.426. The predicted octanol–water partition coefficient (Wildman–Crippen LogP) is 1.22. The van der Waals surface area contributed by atoms with E-state index >= 15 is 0 Å². The number of cyclic esters (lactones) is 1. The molecular weight excluding hydrogens is 194 g/mol. The van der Waals surface area contributed by atoms with E-state index in [4.69, 9.17) is 4.74 Å². The number of ether oxygens (including phenoxy) is 1. The number of carbonyl (C=O) groups excluding carboxylic acids is 2. The van der Waals surface area contributed by atoms with Gasteiger partial charge in [-0.15, -0.1) is 0 Å². The Labute approximate surface area is 87.3 Å². The van der Waals surface area contributed by atoms with Crippen molar-refractivity contribution in [2.45, 2.75) is 12.8 Å². The van der Waals surface area contributed by atoms with E-state index in [1.165, 1.54) is 6.20 Å². The lowest BCUT2D eigenvalue weighted by atomic mass is 9.93. The van der Waals surface area contributed by atoms with Gasteiger partial charge in [0.25, 0.3) is 0 Å². The quantitative estimate of drug-likeness (QED) is 0.414. The first kappa shape index (κ1) is 9.83. The minimum Gasteiger partial charge on any atom is -0.465 e. The second-order valence-electron chi connectivity index (χ2n) is 3.47. The van der Waals surface area contributed by atoms with Crippen LogP contribution in [-0.4, -0.2) is 23.3 Å². The third-order valence-electron chi connectivity index (χ3n) is 2.43. The Morgan fingerprint density at radius 2 is 2.40 bits per heavy atom. The maximum absolute atomic E-state index is 11.9. The summed E-state index contributed by atoms with van der Waals surface area (Å²) in [6.07, 6.45) is 4.40. The highest BCUT2D eigenvalue weighted by Gasteiger charge is 2.31. The molecule has 15 heavy (non-hydrogen) atoms. The third-order valence-corrected chi connectivity index (χ3v) is 2.43. The number of ketones is 1. The van der Waals surface area contributed by atoms with Crippen molar-refractivity contribution in [2.75, 3.05) is 6.61 Å². The van der Waals surface area contributed by atoms with Gasteiger partial charge in [0, 0.05) is 18.0 Å². The zero-order chi connectivity index (χ0) is 10.7. The van der Waals surface area contributed by atoms with Gasteiger partial charge in [-0.25, -0.2) is 0 Å². The number of carbonyl (C=O) groups is 2. The fourth-order valence-electron chi connectivity index (χ4n) is 1.63. The molecule has 1 aliphatic rings. The monoisotopic (exact) mass is 205 g/mol. The van der Waals surface area contributed by atoms with Crippen LogP contribution in [0.2, 0.25) is 0 Å². The first-order valence-electron chi connectivity index (χ1n) is 4.90. The predicted molar refractivity (Wildman–Crippen MR) is 52.3 cm³/mol. The van der Waals surface area contributed by atoms with Crippen LogP contribution in [0.5, 0.6) is 0 Å². The summed E-state index contributed by atoms with van der Waals surface area (Å²) >= 11 is 0. The molecule has 0 bridgehead atoms. The van der Waals surface area contributed by atoms with Crippen LogP contribution < -0.4 is 0 Å². The molecule has 1 fully saturated rings. The van der Waals surface area contributed by atoms with Crippen molar-refractivity contribution >= 4 is 11.8 Å². The smallest absolute Gasteiger partial charge is 0.316 e. The summed E-state index contributed by atoms with van der Waals surface area (Å²) in [7, 11) is 0. The Kier molecular flexibility index (Phi) is 2.76. The normalized spacial score (nSPS) is 20.8. The van der Waals surface area contributed by atoms with Crippen LogP contribution in [0.4, 0.5) is 0 Å². The minimum atomic E-state index is -0.636. The molecule has 78 valence electrons. The van der Waals surface area contributed by atoms with Gasteiger partial charge >= 0.3 is 5.97 Å². The van der Waals surface area contributed by atoms with E-state index in [0.29, 0.717) is 18.6 Å². The lowest BCUT2D eigenvalue weighted by molar-refractivity contribution is -0.150. The van der Waals surface area contributed by atoms with Gasteiger partial charge in [0.1, 0.15) is 5.92 Å². The highest BCUT2D eigenvalue weighted by Crippen LogP contribution is 2.19. The van der Waals surface area contributed by atoms with E-state index in [0.717, 1.165) is 6.42 Å². The first-order valence-corrected chi connectivity index (χ1v) is 4.90. The van der Waals surface area contributed by atoms with Crippen LogP contribution in [0.1, 0.15) is 23.2 Å². The van der Waals surface area contributed by atoms with Gasteiger partial charge in [0.15, 0.2) is 5.78 Å². The maximum atomic E-state index is 11.9. The van der Waals surface area contributed by atoms with Gasteiger partial charge < -0.3 is 4.74 Å². The molecule has 1 aromatic rings. The summed E-state index contributed by atoms with van der Waals surface area (Å²) in [5.74, 6) is -1.23. The fraction of sp³-hybridized carbons (Fsp3) is 0.364. The Morgan fingerprint density at radius 1 is 1.53 bits per heavy atom. The molecule has 0 aliphatic carbocycles. The lowest BCUT2D eigenvalue weighted by Gasteiger charge is -2.19. The lowest BCUT2D eigenvalue weighted by Crippen LogP contribution is -2.30. The summed E-state index contributed by atoms with van der Waals surface area (Å²) in [4.78, 5) is 27.1. The van der Waals surface area contributed by atoms with Crippen molar-refractivity contribution in [2.24, 2.45) is 5.92 Å². The summed E-state index contributed by atoms with van der Waals surface area (Å²) in [5, 5.41) is 0. The zero-order valence-electron chi connectivity index (χ0n) is 8.18. The molecule has 1 aromatic heterocycles. The van der Waals surface area contributed by atoms with Crippen molar-refractivity contribution < 1.29 is 14.3 Å². The van der Waals surface area contributed by atoms with Crippen molar-refractivity contribution in [3.05, 3.63) is 30.1 Å². The second-order valence-corrected chi connectivity index (χ2v) is 3.47. The van der Waals surface area contributed by atoms with Gasteiger partial charge in [-0.1, -0.05) is 0 Å². The summed E-state index contributed by atoms with van der Waals surface area (Å²) < 4.78 is 4.85. The van der Waals surface area contributed by atoms with E-state index in [1.807, 2.05) is 0 Å². The number of hydrogen-bond acceptors (Lipinski definition) is 4. The zero-order valence-corrected chi connectivity index (χ0v) is 8.18. The largest absolute Gasteiger partial charge is 0.465 e. The van der Waals surface area contributed by atoms with Crippen LogP contribution >= 0.6 is 0 Å². The number of esters is 1. The molecule has 1 unspecified atom stereocenters. The van der Waals surface area contributed by atoms with Gasteiger partial charge in [-0.3, -0.25) is 14.6 Å². The number of pyridine rings is 1. The minimum absolute atomic E-state index is 0.187. The van der Waals surface area contributed by atoms with E-state index in [9.17, 15) is 9.59 Å². The molecule has 4 nitrogen and oxygen atoms in total. The molecule has 2 rings (SSSR count). The SMILES string of the molecule is O=C1OCCCC1C(=O)c1cccnc1. The van der Waals surface area contributed by atoms with Crippen LogP contribution in [0.15, 0.2) is 24.5 Å². The van der Waals surface area contributed by atoms with Crippen LogP contribution in [0, 0.1) is 5.92 Å².